The molecule has 2 aromatic carbocycles. The van der Waals surface area contributed by atoms with Gasteiger partial charge in [-0.05, 0) is 42.8 Å². The first-order valence-corrected chi connectivity index (χ1v) is 8.66. The maximum absolute atomic E-state index is 13.6. The lowest BCUT2D eigenvalue weighted by molar-refractivity contribution is 0.0715. The summed E-state index contributed by atoms with van der Waals surface area (Å²) in [4.78, 5) is 26.5. The van der Waals surface area contributed by atoms with Gasteiger partial charge in [-0.1, -0.05) is 30.3 Å². The summed E-state index contributed by atoms with van der Waals surface area (Å²) in [7, 11) is 0. The summed E-state index contributed by atoms with van der Waals surface area (Å²) in [6.45, 7) is 1.87. The molecule has 0 saturated carbocycles. The molecule has 140 valence electrons. The van der Waals surface area contributed by atoms with E-state index in [0.717, 1.165) is 5.56 Å². The lowest BCUT2D eigenvalue weighted by atomic mass is 10.1. The summed E-state index contributed by atoms with van der Waals surface area (Å²) in [5.41, 5.74) is 1.92. The molecule has 0 saturated heterocycles. The molecular weight excluding hydrogens is 361 g/mol. The van der Waals surface area contributed by atoms with Crippen molar-refractivity contribution in [1.29, 1.82) is 0 Å². The second kappa shape index (κ2) is 7.15. The second-order valence-electron chi connectivity index (χ2n) is 6.42. The van der Waals surface area contributed by atoms with Crippen LogP contribution in [0.1, 0.15) is 32.7 Å². The number of pyridine rings is 1. The first kappa shape index (κ1) is 17.7. The number of cyclic esters (lactones) is 1. The highest BCUT2D eigenvalue weighted by atomic mass is 19.1. The predicted molar refractivity (Wildman–Crippen MR) is 102 cm³/mol. The molecule has 1 aliphatic rings. The van der Waals surface area contributed by atoms with E-state index in [1.54, 1.807) is 61.5 Å². The molecule has 0 radical (unpaired) electrons. The van der Waals surface area contributed by atoms with Gasteiger partial charge < -0.3 is 14.5 Å². The molecule has 0 atom stereocenters. The topological polar surface area (TPSA) is 68.4 Å². The molecule has 0 unspecified atom stereocenters. The van der Waals surface area contributed by atoms with E-state index >= 15 is 0 Å². The second-order valence-corrected chi connectivity index (χ2v) is 6.42. The molecule has 2 heterocycles. The van der Waals surface area contributed by atoms with Gasteiger partial charge in [-0.25, -0.2) is 9.18 Å². The molecule has 0 bridgehead atoms. The van der Waals surface area contributed by atoms with Gasteiger partial charge in [0.1, 0.15) is 29.5 Å². The number of hydrogen-bond acceptors (Lipinski definition) is 4. The van der Waals surface area contributed by atoms with E-state index in [2.05, 4.69) is 4.98 Å². The average Bonchev–Trinajstić information content (AvgIpc) is 2.97. The predicted octanol–water partition coefficient (Wildman–Crippen LogP) is 4.07. The fourth-order valence-electron chi connectivity index (χ4n) is 2.99. The lowest BCUT2D eigenvalue weighted by Gasteiger charge is -2.07. The summed E-state index contributed by atoms with van der Waals surface area (Å²) >= 11 is 0. The van der Waals surface area contributed by atoms with E-state index < -0.39 is 11.5 Å². The Morgan fingerprint density at radius 1 is 1.11 bits per heavy atom. The minimum Gasteiger partial charge on any atom is -0.489 e. The largest absolute Gasteiger partial charge is 0.489 e. The number of benzene rings is 2. The van der Waals surface area contributed by atoms with Crippen LogP contribution in [-0.4, -0.2) is 11.0 Å². The molecular formula is C22H16FNO4. The van der Waals surface area contributed by atoms with E-state index in [0.29, 0.717) is 28.3 Å². The molecule has 5 nitrogen and oxygen atoms in total. The van der Waals surface area contributed by atoms with Gasteiger partial charge in [-0.15, -0.1) is 0 Å². The van der Waals surface area contributed by atoms with Gasteiger partial charge in [0.05, 0.1) is 0 Å². The summed E-state index contributed by atoms with van der Waals surface area (Å²) < 4.78 is 24.5. The van der Waals surface area contributed by atoms with Crippen molar-refractivity contribution >= 4 is 17.8 Å². The molecule has 1 aromatic heterocycles. The molecule has 0 spiro atoms. The Morgan fingerprint density at radius 2 is 1.86 bits per heavy atom. The molecule has 4 rings (SSSR count). The number of fused-ring (bicyclic) bond motifs is 1. The molecule has 3 aromatic rings. The van der Waals surface area contributed by atoms with E-state index in [-0.39, 0.29) is 18.0 Å². The van der Waals surface area contributed by atoms with Gasteiger partial charge in [0.25, 0.3) is 5.56 Å². The molecule has 1 N–H and O–H groups in total. The van der Waals surface area contributed by atoms with Crippen LogP contribution in [0.2, 0.25) is 0 Å². The van der Waals surface area contributed by atoms with E-state index in [9.17, 15) is 14.0 Å². The monoisotopic (exact) mass is 377 g/mol. The lowest BCUT2D eigenvalue weighted by Crippen LogP contribution is -2.16. The van der Waals surface area contributed by atoms with Crippen molar-refractivity contribution in [1.82, 2.24) is 4.98 Å². The van der Waals surface area contributed by atoms with Crippen LogP contribution in [0.25, 0.3) is 11.8 Å². The Hall–Kier alpha value is -3.67. The van der Waals surface area contributed by atoms with Crippen molar-refractivity contribution < 1.29 is 18.7 Å². The van der Waals surface area contributed by atoms with Crippen molar-refractivity contribution in [2.75, 3.05) is 0 Å². The first-order chi connectivity index (χ1) is 13.5. The van der Waals surface area contributed by atoms with Gasteiger partial charge in [-0.3, -0.25) is 4.79 Å². The van der Waals surface area contributed by atoms with Gasteiger partial charge in [0.2, 0.25) is 0 Å². The zero-order valence-corrected chi connectivity index (χ0v) is 15.0. The van der Waals surface area contributed by atoms with Crippen LogP contribution >= 0.6 is 0 Å². The summed E-state index contributed by atoms with van der Waals surface area (Å²) in [6, 6.07) is 15.2. The van der Waals surface area contributed by atoms with E-state index in [4.69, 9.17) is 9.47 Å². The zero-order valence-electron chi connectivity index (χ0n) is 15.0. The first-order valence-electron chi connectivity index (χ1n) is 8.66. The Morgan fingerprint density at radius 3 is 2.61 bits per heavy atom. The summed E-state index contributed by atoms with van der Waals surface area (Å²) in [6.07, 6.45) is 1.68. The molecule has 28 heavy (non-hydrogen) atoms. The van der Waals surface area contributed by atoms with Crippen molar-refractivity contribution in [3.63, 3.8) is 0 Å². The number of hydrogen-bond donors (Lipinski definition) is 1. The SMILES string of the molecule is Cc1cc2c(c(=O)[nH]1)C(=O)O/C2=C\c1ccc(OCc2ccccc2F)cc1. The fraction of sp³-hybridized carbons (Fsp3) is 0.0909. The number of rotatable bonds is 4. The molecule has 0 amide bonds. The van der Waals surface area contributed by atoms with E-state index in [1.807, 2.05) is 0 Å². The van der Waals surface area contributed by atoms with Crippen LogP contribution in [0.4, 0.5) is 4.39 Å². The van der Waals surface area contributed by atoms with Gasteiger partial charge in [0, 0.05) is 16.8 Å². The van der Waals surface area contributed by atoms with Gasteiger partial charge >= 0.3 is 5.97 Å². The van der Waals surface area contributed by atoms with Gasteiger partial charge in [0.15, 0.2) is 0 Å². The standard InChI is InChI=1S/C22H16FNO4/c1-13-10-17-19(28-22(26)20(17)21(25)24-13)11-14-6-8-16(9-7-14)27-12-15-4-2-3-5-18(15)23/h2-11H,12H2,1H3,(H,24,25)/b19-11-. The summed E-state index contributed by atoms with van der Waals surface area (Å²) in [5.74, 6) is -0.0566. The third-order valence-electron chi connectivity index (χ3n) is 4.37. The number of aromatic amines is 1. The van der Waals surface area contributed by atoms with Crippen LogP contribution in [0.3, 0.4) is 0 Å². The molecule has 0 aliphatic carbocycles. The van der Waals surface area contributed by atoms with Gasteiger partial charge in [-0.2, -0.15) is 0 Å². The number of aryl methyl sites for hydroxylation is 1. The number of H-pyrrole nitrogens is 1. The number of nitrogens with one attached hydrogen (secondary N) is 1. The maximum atomic E-state index is 13.6. The van der Waals surface area contributed by atoms with Crippen LogP contribution in [0, 0.1) is 12.7 Å². The Bertz CT molecular complexity index is 1150. The molecule has 6 heteroatoms. The highest BCUT2D eigenvalue weighted by molar-refractivity contribution is 6.05. The van der Waals surface area contributed by atoms with Crippen molar-refractivity contribution in [3.8, 4) is 5.75 Å². The Labute approximate surface area is 160 Å². The fourth-order valence-corrected chi connectivity index (χ4v) is 2.99. The van der Waals surface area contributed by atoms with Crippen molar-refractivity contribution in [2.24, 2.45) is 0 Å². The number of carbonyl (C=O) groups is 1. The number of carbonyl (C=O) groups excluding carboxylic acids is 1. The quantitative estimate of drug-likeness (QED) is 0.696. The van der Waals surface area contributed by atoms with Crippen LogP contribution in [0.5, 0.6) is 5.75 Å². The number of ether oxygens (including phenoxy) is 2. The minimum atomic E-state index is -0.660. The Balaban J connectivity index is 1.54. The highest BCUT2D eigenvalue weighted by Gasteiger charge is 2.29. The average molecular weight is 377 g/mol. The van der Waals surface area contributed by atoms with Crippen LogP contribution in [0.15, 0.2) is 59.4 Å². The normalized spacial score (nSPS) is 14.1. The molecule has 0 fully saturated rings. The van der Waals surface area contributed by atoms with Crippen molar-refractivity contribution in [3.05, 3.63) is 98.7 Å². The van der Waals surface area contributed by atoms with E-state index in [1.165, 1.54) is 6.07 Å². The van der Waals surface area contributed by atoms with Crippen LogP contribution < -0.4 is 10.3 Å². The van der Waals surface area contributed by atoms with Crippen molar-refractivity contribution in [2.45, 2.75) is 13.5 Å². The Kier molecular flexibility index (Phi) is 4.53. The maximum Gasteiger partial charge on any atom is 0.349 e. The smallest absolute Gasteiger partial charge is 0.349 e. The third-order valence-corrected chi connectivity index (χ3v) is 4.37. The third kappa shape index (κ3) is 3.44. The highest BCUT2D eigenvalue weighted by Crippen LogP contribution is 2.30. The minimum absolute atomic E-state index is 0.0155. The number of aromatic nitrogens is 1. The zero-order chi connectivity index (χ0) is 19.7. The van der Waals surface area contributed by atoms with Crippen LogP contribution in [-0.2, 0) is 11.3 Å². The summed E-state index contributed by atoms with van der Waals surface area (Å²) in [5, 5.41) is 0. The number of esters is 1. The molecule has 1 aliphatic heterocycles. The number of halogens is 1.